The first-order valence-electron chi connectivity index (χ1n) is 19.7. The van der Waals surface area contributed by atoms with Crippen molar-refractivity contribution in [1.29, 1.82) is 0 Å². The summed E-state index contributed by atoms with van der Waals surface area (Å²) in [5.41, 5.74) is 0.826. The summed E-state index contributed by atoms with van der Waals surface area (Å²) in [6.07, 6.45) is 10.6. The van der Waals surface area contributed by atoms with Crippen molar-refractivity contribution in [2.45, 2.75) is 134 Å². The van der Waals surface area contributed by atoms with E-state index in [1.165, 1.54) is 63.5 Å². The molecule has 13 heteroatoms. The third-order valence-electron chi connectivity index (χ3n) is 11.1. The van der Waals surface area contributed by atoms with E-state index < -0.39 is 54.6 Å². The fraction of sp³-hybridized carbons (Fsp3) is 0.610. The van der Waals surface area contributed by atoms with Gasteiger partial charge in [-0.3, -0.25) is 14.4 Å². The quantitative estimate of drug-likeness (QED) is 0.110. The van der Waals surface area contributed by atoms with Crippen LogP contribution in [0.25, 0.3) is 0 Å². The van der Waals surface area contributed by atoms with Gasteiger partial charge in [-0.1, -0.05) is 76.0 Å². The van der Waals surface area contributed by atoms with E-state index in [9.17, 15) is 36.7 Å². The van der Waals surface area contributed by atoms with Gasteiger partial charge in [0.15, 0.2) is 0 Å². The molecule has 2 fully saturated rings. The summed E-state index contributed by atoms with van der Waals surface area (Å²) in [6, 6.07) is 7.94. The molecular formula is C41H54F4N4O5. The number of nitrogens with zero attached hydrogens (tertiary/aromatic N) is 2. The topological polar surface area (TPSA) is 108 Å². The molecule has 54 heavy (non-hydrogen) atoms. The number of amides is 4. The number of anilines is 1. The van der Waals surface area contributed by atoms with E-state index in [4.69, 9.17) is 4.74 Å². The van der Waals surface area contributed by atoms with Gasteiger partial charge in [0.25, 0.3) is 5.91 Å². The molecule has 2 N–H and O–H groups in total. The minimum atomic E-state index is -4.78. The number of carbonyl (C=O) groups is 4. The van der Waals surface area contributed by atoms with Crippen LogP contribution < -0.4 is 10.6 Å². The molecule has 9 nitrogen and oxygen atoms in total. The van der Waals surface area contributed by atoms with Crippen LogP contribution in [0.5, 0.6) is 0 Å². The van der Waals surface area contributed by atoms with Gasteiger partial charge in [0.05, 0.1) is 0 Å². The van der Waals surface area contributed by atoms with Crippen molar-refractivity contribution in [3.63, 3.8) is 0 Å². The van der Waals surface area contributed by atoms with E-state index in [-0.39, 0.29) is 17.9 Å². The van der Waals surface area contributed by atoms with Crippen LogP contribution >= 0.6 is 0 Å². The lowest BCUT2D eigenvalue weighted by atomic mass is 9.87. The molecule has 0 aromatic heterocycles. The number of aryl methyl sites for hydroxylation is 1. The smallest absolute Gasteiger partial charge is 0.418 e. The highest BCUT2D eigenvalue weighted by Gasteiger charge is 2.58. The second-order valence-electron chi connectivity index (χ2n) is 15.1. The highest BCUT2D eigenvalue weighted by molar-refractivity contribution is 6.06. The van der Waals surface area contributed by atoms with Crippen molar-refractivity contribution < 1.29 is 41.5 Å². The van der Waals surface area contributed by atoms with Crippen molar-refractivity contribution in [1.82, 2.24) is 15.1 Å². The largest absolute Gasteiger partial charge is 0.427 e. The molecular weight excluding hydrogens is 704 g/mol. The van der Waals surface area contributed by atoms with E-state index in [2.05, 4.69) is 10.6 Å². The Balaban J connectivity index is 1.02. The van der Waals surface area contributed by atoms with Crippen LogP contribution in [-0.4, -0.2) is 65.5 Å². The van der Waals surface area contributed by atoms with E-state index in [0.29, 0.717) is 34.1 Å². The maximum Gasteiger partial charge on any atom is 0.418 e. The number of ether oxygens (including phenoxy) is 1. The summed E-state index contributed by atoms with van der Waals surface area (Å²) < 4.78 is 60.3. The van der Waals surface area contributed by atoms with Crippen LogP contribution in [0.1, 0.15) is 120 Å². The molecule has 296 valence electrons. The number of rotatable bonds is 19. The normalized spacial score (nSPS) is 19.2. The molecule has 1 saturated heterocycles. The SMILES string of the molecule is C[C@H](N(Cc1ccc(F)cc1)C(=O)CN1C(=O)O[C@@]2(CCc3cc(NCCCCCCCCCCNC(=O)CC4CCCCC4)ccc32)C1=O)C(F)(F)F. The van der Waals surface area contributed by atoms with Gasteiger partial charge in [-0.15, -0.1) is 0 Å². The Labute approximate surface area is 315 Å². The predicted molar refractivity (Wildman–Crippen MR) is 197 cm³/mol. The number of carbonyl (C=O) groups excluding carboxylic acids is 4. The molecule has 0 unspecified atom stereocenters. The van der Waals surface area contributed by atoms with Gasteiger partial charge < -0.3 is 20.3 Å². The van der Waals surface area contributed by atoms with Gasteiger partial charge >= 0.3 is 12.3 Å². The lowest BCUT2D eigenvalue weighted by molar-refractivity contribution is -0.187. The molecule has 2 aliphatic carbocycles. The number of alkyl halides is 3. The highest BCUT2D eigenvalue weighted by Crippen LogP contribution is 2.46. The number of unbranched alkanes of at least 4 members (excludes halogenated alkanes) is 7. The Morgan fingerprint density at radius 3 is 2.24 bits per heavy atom. The Hall–Kier alpha value is -4.16. The molecule has 5 rings (SSSR count). The van der Waals surface area contributed by atoms with Crippen molar-refractivity contribution in [3.8, 4) is 0 Å². The fourth-order valence-electron chi connectivity index (χ4n) is 7.89. The van der Waals surface area contributed by atoms with Crippen molar-refractivity contribution in [2.24, 2.45) is 5.92 Å². The van der Waals surface area contributed by atoms with E-state index >= 15 is 0 Å². The summed E-state index contributed by atoms with van der Waals surface area (Å²) >= 11 is 0. The maximum absolute atomic E-state index is 13.8. The number of halogens is 4. The molecule has 2 atom stereocenters. The monoisotopic (exact) mass is 758 g/mol. The zero-order valence-electron chi connectivity index (χ0n) is 31.3. The molecule has 0 radical (unpaired) electrons. The Bertz CT molecular complexity index is 1600. The molecule has 1 saturated carbocycles. The average Bonchev–Trinajstić information content (AvgIpc) is 3.62. The van der Waals surface area contributed by atoms with Crippen LogP contribution in [0.4, 0.5) is 28.0 Å². The van der Waals surface area contributed by atoms with Crippen molar-refractivity contribution in [3.05, 3.63) is 65.0 Å². The molecule has 1 heterocycles. The van der Waals surface area contributed by atoms with Gasteiger partial charge in [-0.2, -0.15) is 13.2 Å². The lowest BCUT2D eigenvalue weighted by Gasteiger charge is -2.31. The number of imide groups is 1. The van der Waals surface area contributed by atoms with Gasteiger partial charge in [0.2, 0.25) is 17.4 Å². The molecule has 4 amide bonds. The van der Waals surface area contributed by atoms with Crippen LogP contribution in [0, 0.1) is 11.7 Å². The zero-order chi connectivity index (χ0) is 38.7. The number of hydrogen-bond donors (Lipinski definition) is 2. The van der Waals surface area contributed by atoms with Crippen LogP contribution in [0.15, 0.2) is 42.5 Å². The first-order valence-corrected chi connectivity index (χ1v) is 19.7. The summed E-state index contributed by atoms with van der Waals surface area (Å²) in [5.74, 6) is -1.66. The summed E-state index contributed by atoms with van der Waals surface area (Å²) in [4.78, 5) is 53.2. The number of fused-ring (bicyclic) bond motifs is 2. The second kappa shape index (κ2) is 18.9. The first kappa shape index (κ1) is 41.0. The van der Waals surface area contributed by atoms with Crippen LogP contribution in [-0.2, 0) is 37.7 Å². The van der Waals surface area contributed by atoms with Crippen LogP contribution in [0.3, 0.4) is 0 Å². The standard InChI is InChI=1S/C41H54F4N4O5/c1-29(41(43,44)45)48(27-31-15-17-33(42)18-16-31)37(51)28-49-38(52)40(54-39(49)53)22-21-32-26-34(19-20-35(32)40)46-23-11-6-4-2-3-5-7-12-24-47-36(50)25-30-13-9-8-10-14-30/h15-20,26,29-30,46H,2-14,21-25,27-28H2,1H3,(H,47,50)/t29-,40+/m0/s1. The van der Waals surface area contributed by atoms with Gasteiger partial charge in [-0.05, 0) is 80.3 Å². The predicted octanol–water partition coefficient (Wildman–Crippen LogP) is 8.54. The molecule has 1 spiro atoms. The van der Waals surface area contributed by atoms with Crippen molar-refractivity contribution in [2.75, 3.05) is 25.0 Å². The van der Waals surface area contributed by atoms with Crippen LogP contribution in [0.2, 0.25) is 0 Å². The van der Waals surface area contributed by atoms with E-state index in [0.717, 1.165) is 75.5 Å². The minimum Gasteiger partial charge on any atom is -0.427 e. The van der Waals surface area contributed by atoms with Crippen molar-refractivity contribution >= 4 is 29.5 Å². The fourth-order valence-corrected chi connectivity index (χ4v) is 7.89. The minimum absolute atomic E-state index is 0.161. The second-order valence-corrected chi connectivity index (χ2v) is 15.1. The zero-order valence-corrected chi connectivity index (χ0v) is 31.3. The summed E-state index contributed by atoms with van der Waals surface area (Å²) in [5, 5.41) is 6.52. The van der Waals surface area contributed by atoms with Gasteiger partial charge in [0, 0.05) is 43.7 Å². The number of hydrogen-bond acceptors (Lipinski definition) is 6. The van der Waals surface area contributed by atoms with E-state index in [1.54, 1.807) is 6.07 Å². The third-order valence-corrected chi connectivity index (χ3v) is 11.1. The Morgan fingerprint density at radius 1 is 0.926 bits per heavy atom. The summed E-state index contributed by atoms with van der Waals surface area (Å²) in [7, 11) is 0. The Morgan fingerprint density at radius 2 is 1.57 bits per heavy atom. The molecule has 2 aromatic carbocycles. The number of nitrogens with one attached hydrogen (secondary N) is 2. The van der Waals surface area contributed by atoms with E-state index in [1.807, 2.05) is 12.1 Å². The summed E-state index contributed by atoms with van der Waals surface area (Å²) in [6.45, 7) is 0.951. The molecule has 3 aliphatic rings. The van der Waals surface area contributed by atoms with Gasteiger partial charge in [-0.25, -0.2) is 14.1 Å². The molecule has 2 aromatic rings. The molecule has 1 aliphatic heterocycles. The first-order chi connectivity index (χ1) is 25.9. The maximum atomic E-state index is 13.8. The average molecular weight is 759 g/mol. The number of benzene rings is 2. The lowest BCUT2D eigenvalue weighted by Crippen LogP contribution is -2.51. The Kier molecular flexibility index (Phi) is 14.4. The third kappa shape index (κ3) is 10.7. The van der Waals surface area contributed by atoms with Gasteiger partial charge in [0.1, 0.15) is 18.4 Å². The highest BCUT2D eigenvalue weighted by atomic mass is 19.4. The molecule has 0 bridgehead atoms.